The van der Waals surface area contributed by atoms with Crippen molar-refractivity contribution in [2.75, 3.05) is 6.61 Å². The number of benzene rings is 2. The lowest BCUT2D eigenvalue weighted by Gasteiger charge is -2.30. The van der Waals surface area contributed by atoms with Crippen LogP contribution in [0, 0.1) is 0 Å². The van der Waals surface area contributed by atoms with Crippen molar-refractivity contribution in [2.45, 2.75) is 25.6 Å². The highest BCUT2D eigenvalue weighted by molar-refractivity contribution is 5.44. The molecular weight excluding hydrogens is 268 g/mol. The van der Waals surface area contributed by atoms with E-state index in [9.17, 15) is 10.2 Å². The maximum Gasteiger partial charge on any atom is 0.161 e. The zero-order valence-corrected chi connectivity index (χ0v) is 11.8. The predicted octanol–water partition coefficient (Wildman–Crippen LogP) is 3.35. The second-order valence-corrected chi connectivity index (χ2v) is 5.06. The Bertz CT molecular complexity index is 638. The molecule has 110 valence electrons. The molecule has 2 aromatic rings. The highest BCUT2D eigenvalue weighted by atomic mass is 16.5. The zero-order valence-electron chi connectivity index (χ0n) is 11.8. The summed E-state index contributed by atoms with van der Waals surface area (Å²) in [6.07, 6.45) is -0.327. The van der Waals surface area contributed by atoms with Gasteiger partial charge in [0.25, 0.3) is 0 Å². The van der Waals surface area contributed by atoms with E-state index in [1.165, 1.54) is 0 Å². The first-order valence-corrected chi connectivity index (χ1v) is 7.08. The van der Waals surface area contributed by atoms with E-state index in [-0.39, 0.29) is 11.9 Å². The number of phenolic OH excluding ortho intramolecular Hbond substituents is 1. The Kier molecular flexibility index (Phi) is 3.71. The van der Waals surface area contributed by atoms with Crippen LogP contribution in [0.1, 0.15) is 36.7 Å². The van der Waals surface area contributed by atoms with Gasteiger partial charge in [-0.05, 0) is 30.7 Å². The Balaban J connectivity index is 1.90. The molecule has 2 aromatic carbocycles. The largest absolute Gasteiger partial charge is 0.504 e. The molecule has 0 amide bonds. The summed E-state index contributed by atoms with van der Waals surface area (Å²) < 4.78 is 11.4. The molecule has 2 atom stereocenters. The minimum absolute atomic E-state index is 0.109. The number of aliphatic hydroxyl groups excluding tert-OH is 1. The zero-order chi connectivity index (χ0) is 14.8. The quantitative estimate of drug-likeness (QED) is 0.908. The maximum atomic E-state index is 10.3. The number of rotatable bonds is 3. The monoisotopic (exact) mass is 286 g/mol. The van der Waals surface area contributed by atoms with Gasteiger partial charge in [-0.15, -0.1) is 0 Å². The standard InChI is InChI=1S/C17H18O4/c1-2-20-17-9-11(7-8-13(17)18)16-10-14(19)12-5-3-4-6-15(12)21-16/h3-9,14,16,18-19H,2,10H2,1H3. The highest BCUT2D eigenvalue weighted by Gasteiger charge is 2.28. The molecule has 21 heavy (non-hydrogen) atoms. The van der Waals surface area contributed by atoms with Crippen LogP contribution < -0.4 is 9.47 Å². The normalized spacial score (nSPS) is 20.5. The van der Waals surface area contributed by atoms with Crippen LogP contribution >= 0.6 is 0 Å². The van der Waals surface area contributed by atoms with Crippen LogP contribution in [0.2, 0.25) is 0 Å². The molecule has 1 heterocycles. The second kappa shape index (κ2) is 5.66. The lowest BCUT2D eigenvalue weighted by atomic mass is 9.95. The van der Waals surface area contributed by atoms with Gasteiger partial charge in [0.05, 0.1) is 12.7 Å². The highest BCUT2D eigenvalue weighted by Crippen LogP contribution is 2.42. The van der Waals surface area contributed by atoms with E-state index in [4.69, 9.17) is 9.47 Å². The summed E-state index contributed by atoms with van der Waals surface area (Å²) in [4.78, 5) is 0. The van der Waals surface area contributed by atoms with Gasteiger partial charge in [0.1, 0.15) is 11.9 Å². The van der Waals surface area contributed by atoms with Crippen molar-refractivity contribution in [2.24, 2.45) is 0 Å². The number of fused-ring (bicyclic) bond motifs is 1. The molecule has 2 unspecified atom stereocenters. The fraction of sp³-hybridized carbons (Fsp3) is 0.294. The van der Waals surface area contributed by atoms with Crippen LogP contribution in [-0.4, -0.2) is 16.8 Å². The third-order valence-corrected chi connectivity index (χ3v) is 3.64. The number of ether oxygens (including phenoxy) is 2. The molecule has 1 aliphatic heterocycles. The Morgan fingerprint density at radius 1 is 1.24 bits per heavy atom. The Hall–Kier alpha value is -2.20. The minimum atomic E-state index is -0.552. The minimum Gasteiger partial charge on any atom is -0.504 e. The average Bonchev–Trinajstić information content (AvgIpc) is 2.50. The summed E-state index contributed by atoms with van der Waals surface area (Å²) in [5.41, 5.74) is 1.70. The first kappa shape index (κ1) is 13.8. The summed E-state index contributed by atoms with van der Waals surface area (Å²) in [7, 11) is 0. The van der Waals surface area contributed by atoms with E-state index >= 15 is 0 Å². The first-order valence-electron chi connectivity index (χ1n) is 7.08. The summed E-state index contributed by atoms with van der Waals surface area (Å²) in [6, 6.07) is 12.7. The molecule has 0 aromatic heterocycles. The van der Waals surface area contributed by atoms with Gasteiger partial charge >= 0.3 is 0 Å². The van der Waals surface area contributed by atoms with Crippen molar-refractivity contribution >= 4 is 0 Å². The average molecular weight is 286 g/mol. The molecule has 2 N–H and O–H groups in total. The van der Waals surface area contributed by atoms with Gasteiger partial charge in [0.15, 0.2) is 11.5 Å². The van der Waals surface area contributed by atoms with Crippen molar-refractivity contribution < 1.29 is 19.7 Å². The number of hydrogen-bond donors (Lipinski definition) is 2. The van der Waals surface area contributed by atoms with Crippen LogP contribution in [0.4, 0.5) is 0 Å². The number of aromatic hydroxyl groups is 1. The molecule has 0 fully saturated rings. The van der Waals surface area contributed by atoms with Gasteiger partial charge in [-0.3, -0.25) is 0 Å². The lowest BCUT2D eigenvalue weighted by molar-refractivity contribution is 0.0656. The molecule has 0 saturated heterocycles. The van der Waals surface area contributed by atoms with E-state index in [1.807, 2.05) is 31.2 Å². The first-order chi connectivity index (χ1) is 10.2. The molecule has 0 saturated carbocycles. The summed E-state index contributed by atoms with van der Waals surface area (Å²) in [6.45, 7) is 2.34. The Labute approximate surface area is 123 Å². The number of hydrogen-bond acceptors (Lipinski definition) is 4. The van der Waals surface area contributed by atoms with Gasteiger partial charge in [0, 0.05) is 12.0 Å². The molecule has 0 aliphatic carbocycles. The van der Waals surface area contributed by atoms with E-state index in [0.717, 1.165) is 11.1 Å². The van der Waals surface area contributed by atoms with Crippen LogP contribution in [0.5, 0.6) is 17.2 Å². The molecule has 4 heteroatoms. The lowest BCUT2D eigenvalue weighted by Crippen LogP contribution is -2.19. The topological polar surface area (TPSA) is 58.9 Å². The van der Waals surface area contributed by atoms with Crippen LogP contribution in [0.15, 0.2) is 42.5 Å². The van der Waals surface area contributed by atoms with Crippen molar-refractivity contribution in [1.82, 2.24) is 0 Å². The van der Waals surface area contributed by atoms with Crippen LogP contribution in [0.3, 0.4) is 0 Å². The summed E-state index contributed by atoms with van der Waals surface area (Å²) >= 11 is 0. The predicted molar refractivity (Wildman–Crippen MR) is 78.7 cm³/mol. The van der Waals surface area contributed by atoms with Gasteiger partial charge in [-0.1, -0.05) is 24.3 Å². The van der Waals surface area contributed by atoms with Crippen LogP contribution in [0.25, 0.3) is 0 Å². The van der Waals surface area contributed by atoms with Crippen molar-refractivity contribution in [3.8, 4) is 17.2 Å². The van der Waals surface area contributed by atoms with E-state index < -0.39 is 6.10 Å². The molecule has 4 nitrogen and oxygen atoms in total. The van der Waals surface area contributed by atoms with Gasteiger partial charge < -0.3 is 19.7 Å². The van der Waals surface area contributed by atoms with Gasteiger partial charge in [0.2, 0.25) is 0 Å². The van der Waals surface area contributed by atoms with E-state index in [1.54, 1.807) is 18.2 Å². The van der Waals surface area contributed by atoms with Crippen molar-refractivity contribution in [1.29, 1.82) is 0 Å². The van der Waals surface area contributed by atoms with E-state index in [2.05, 4.69) is 0 Å². The second-order valence-electron chi connectivity index (χ2n) is 5.06. The summed E-state index contributed by atoms with van der Waals surface area (Å²) in [5, 5.41) is 20.0. The third-order valence-electron chi connectivity index (χ3n) is 3.64. The van der Waals surface area contributed by atoms with Crippen molar-refractivity contribution in [3.63, 3.8) is 0 Å². The van der Waals surface area contributed by atoms with Gasteiger partial charge in [-0.25, -0.2) is 0 Å². The third kappa shape index (κ3) is 2.67. The molecule has 1 aliphatic rings. The Morgan fingerprint density at radius 2 is 2.05 bits per heavy atom. The maximum absolute atomic E-state index is 10.3. The molecule has 0 spiro atoms. The number of phenols is 1. The molecular formula is C17H18O4. The summed E-state index contributed by atoms with van der Waals surface area (Å²) in [5.74, 6) is 1.25. The van der Waals surface area contributed by atoms with Crippen molar-refractivity contribution in [3.05, 3.63) is 53.6 Å². The Morgan fingerprint density at radius 3 is 2.86 bits per heavy atom. The number of para-hydroxylation sites is 1. The molecule has 0 radical (unpaired) electrons. The smallest absolute Gasteiger partial charge is 0.161 e. The fourth-order valence-corrected chi connectivity index (χ4v) is 2.60. The molecule has 0 bridgehead atoms. The van der Waals surface area contributed by atoms with Gasteiger partial charge in [-0.2, -0.15) is 0 Å². The SMILES string of the molecule is CCOc1cc(C2CC(O)c3ccccc3O2)ccc1O. The van der Waals surface area contributed by atoms with E-state index in [0.29, 0.717) is 24.5 Å². The van der Waals surface area contributed by atoms with Crippen LogP contribution in [-0.2, 0) is 0 Å². The number of aliphatic hydroxyl groups is 1. The molecule has 3 rings (SSSR count). The fourth-order valence-electron chi connectivity index (χ4n) is 2.60.